The summed E-state index contributed by atoms with van der Waals surface area (Å²) in [5.74, 6) is 0.913. The zero-order chi connectivity index (χ0) is 16.2. The molecule has 3 atom stereocenters. The number of hydrogen-bond donors (Lipinski definition) is 1. The molecule has 1 aromatic carbocycles. The number of ether oxygens (including phenoxy) is 2. The molecule has 1 N–H and O–H groups in total. The molecule has 0 radical (unpaired) electrons. The van der Waals surface area contributed by atoms with E-state index >= 15 is 0 Å². The van der Waals surface area contributed by atoms with Crippen LogP contribution in [0.2, 0.25) is 5.02 Å². The van der Waals surface area contributed by atoms with Crippen molar-refractivity contribution in [2.75, 3.05) is 19.0 Å². The van der Waals surface area contributed by atoms with E-state index in [1.807, 2.05) is 18.2 Å². The third-order valence-electron chi connectivity index (χ3n) is 4.25. The van der Waals surface area contributed by atoms with Crippen LogP contribution in [0.15, 0.2) is 23.1 Å². The highest BCUT2D eigenvalue weighted by Crippen LogP contribution is 2.37. The maximum absolute atomic E-state index is 12.4. The Balaban J connectivity index is 1.56. The van der Waals surface area contributed by atoms with Crippen LogP contribution in [0, 0.1) is 0 Å². The lowest BCUT2D eigenvalue weighted by Gasteiger charge is -2.27. The molecule has 126 valence electrons. The Kier molecular flexibility index (Phi) is 5.85. The van der Waals surface area contributed by atoms with Crippen molar-refractivity contribution in [3.05, 3.63) is 28.8 Å². The molecule has 0 aromatic heterocycles. The highest BCUT2D eigenvalue weighted by atomic mass is 35.5. The number of rotatable bonds is 5. The molecular formula is C17H22ClNO3S. The summed E-state index contributed by atoms with van der Waals surface area (Å²) in [6.07, 6.45) is 2.65. The molecule has 0 spiro atoms. The molecule has 2 aliphatic heterocycles. The van der Waals surface area contributed by atoms with E-state index in [1.54, 1.807) is 18.7 Å². The smallest absolute Gasteiger partial charge is 0.249 e. The van der Waals surface area contributed by atoms with Crippen molar-refractivity contribution in [3.63, 3.8) is 0 Å². The molecule has 6 heteroatoms. The van der Waals surface area contributed by atoms with E-state index < -0.39 is 6.10 Å². The van der Waals surface area contributed by atoms with Crippen molar-refractivity contribution < 1.29 is 14.3 Å². The fourth-order valence-corrected chi connectivity index (χ4v) is 4.19. The molecular weight excluding hydrogens is 334 g/mol. The zero-order valence-electron chi connectivity index (χ0n) is 13.2. The SMILES string of the molecule is CC(OCC1CCCO1)C(=O)NC1CCSc2ccc(Cl)cc21. The molecule has 0 saturated carbocycles. The maximum atomic E-state index is 12.4. The summed E-state index contributed by atoms with van der Waals surface area (Å²) in [5.41, 5.74) is 1.11. The molecule has 1 saturated heterocycles. The molecule has 2 heterocycles. The van der Waals surface area contributed by atoms with Gasteiger partial charge in [0.25, 0.3) is 0 Å². The minimum atomic E-state index is -0.476. The summed E-state index contributed by atoms with van der Waals surface area (Å²) < 4.78 is 11.2. The number of carbonyl (C=O) groups excluding carboxylic acids is 1. The number of nitrogens with one attached hydrogen (secondary N) is 1. The lowest BCUT2D eigenvalue weighted by Crippen LogP contribution is -2.39. The summed E-state index contributed by atoms with van der Waals surface area (Å²) in [6.45, 7) is 3.07. The molecule has 0 aliphatic carbocycles. The molecule has 23 heavy (non-hydrogen) atoms. The van der Waals surface area contributed by atoms with Crippen molar-refractivity contribution in [3.8, 4) is 0 Å². The molecule has 3 unspecified atom stereocenters. The van der Waals surface area contributed by atoms with Gasteiger partial charge in [-0.05, 0) is 49.9 Å². The van der Waals surface area contributed by atoms with E-state index in [-0.39, 0.29) is 18.1 Å². The molecule has 1 fully saturated rings. The first-order valence-corrected chi connectivity index (χ1v) is 9.45. The van der Waals surface area contributed by atoms with Crippen LogP contribution < -0.4 is 5.32 Å². The normalized spacial score (nSPS) is 25.0. The van der Waals surface area contributed by atoms with E-state index in [1.165, 1.54) is 4.90 Å². The third-order valence-corrected chi connectivity index (χ3v) is 5.61. The van der Waals surface area contributed by atoms with Crippen LogP contribution in [-0.2, 0) is 14.3 Å². The van der Waals surface area contributed by atoms with E-state index in [0.29, 0.717) is 11.6 Å². The zero-order valence-corrected chi connectivity index (χ0v) is 14.8. The van der Waals surface area contributed by atoms with Crippen molar-refractivity contribution in [2.45, 2.75) is 49.3 Å². The Morgan fingerprint density at radius 1 is 1.52 bits per heavy atom. The predicted molar refractivity (Wildman–Crippen MR) is 92.1 cm³/mol. The standard InChI is InChI=1S/C17H22ClNO3S/c1-11(22-10-13-3-2-7-21-13)17(20)19-15-6-8-23-16-5-4-12(18)9-14(15)16/h4-5,9,11,13,15H,2-3,6-8,10H2,1H3,(H,19,20). The lowest BCUT2D eigenvalue weighted by molar-refractivity contribution is -0.134. The molecule has 1 amide bonds. The van der Waals surface area contributed by atoms with Gasteiger partial charge in [0.05, 0.1) is 18.8 Å². The van der Waals surface area contributed by atoms with Crippen molar-refractivity contribution in [1.82, 2.24) is 5.32 Å². The second kappa shape index (κ2) is 7.88. The number of thioether (sulfide) groups is 1. The Morgan fingerprint density at radius 2 is 2.39 bits per heavy atom. The average molecular weight is 356 g/mol. The maximum Gasteiger partial charge on any atom is 0.249 e. The minimum Gasteiger partial charge on any atom is -0.376 e. The van der Waals surface area contributed by atoms with Gasteiger partial charge in [-0.15, -0.1) is 11.8 Å². The fraction of sp³-hybridized carbons (Fsp3) is 0.588. The topological polar surface area (TPSA) is 47.6 Å². The highest BCUT2D eigenvalue weighted by Gasteiger charge is 2.26. The van der Waals surface area contributed by atoms with Gasteiger partial charge in [0, 0.05) is 22.3 Å². The van der Waals surface area contributed by atoms with E-state index in [4.69, 9.17) is 21.1 Å². The fourth-order valence-electron chi connectivity index (χ4n) is 2.91. The second-order valence-corrected chi connectivity index (χ2v) is 7.56. The Bertz CT molecular complexity index is 563. The van der Waals surface area contributed by atoms with Gasteiger partial charge in [0.1, 0.15) is 6.10 Å². The Morgan fingerprint density at radius 3 is 3.17 bits per heavy atom. The minimum absolute atomic E-state index is 0.00577. The average Bonchev–Trinajstić information content (AvgIpc) is 3.06. The molecule has 0 bridgehead atoms. The van der Waals surface area contributed by atoms with Gasteiger partial charge in [0.15, 0.2) is 0 Å². The van der Waals surface area contributed by atoms with Crippen LogP contribution in [0.25, 0.3) is 0 Å². The van der Waals surface area contributed by atoms with E-state index in [0.717, 1.165) is 37.2 Å². The van der Waals surface area contributed by atoms with Crippen LogP contribution in [0.3, 0.4) is 0 Å². The van der Waals surface area contributed by atoms with Crippen LogP contribution in [0.1, 0.15) is 37.8 Å². The predicted octanol–water partition coefficient (Wildman–Crippen LogP) is 3.58. The number of carbonyl (C=O) groups is 1. The van der Waals surface area contributed by atoms with Gasteiger partial charge >= 0.3 is 0 Å². The van der Waals surface area contributed by atoms with Crippen LogP contribution >= 0.6 is 23.4 Å². The first kappa shape index (κ1) is 17.1. The molecule has 3 rings (SSSR count). The number of hydrogen-bond acceptors (Lipinski definition) is 4. The van der Waals surface area contributed by atoms with E-state index in [2.05, 4.69) is 5.32 Å². The van der Waals surface area contributed by atoms with Gasteiger partial charge in [0.2, 0.25) is 5.91 Å². The summed E-state index contributed by atoms with van der Waals surface area (Å²) in [4.78, 5) is 13.6. The van der Waals surface area contributed by atoms with E-state index in [9.17, 15) is 4.79 Å². The largest absolute Gasteiger partial charge is 0.376 e. The summed E-state index contributed by atoms with van der Waals surface area (Å²) in [5, 5.41) is 3.80. The molecule has 2 aliphatic rings. The third kappa shape index (κ3) is 4.41. The Labute approximate surface area is 146 Å². The summed E-state index contributed by atoms with van der Waals surface area (Å²) in [7, 11) is 0. The quantitative estimate of drug-likeness (QED) is 0.877. The monoisotopic (exact) mass is 355 g/mol. The van der Waals surface area contributed by atoms with Gasteiger partial charge in [-0.25, -0.2) is 0 Å². The van der Waals surface area contributed by atoms with Gasteiger partial charge < -0.3 is 14.8 Å². The number of amides is 1. The van der Waals surface area contributed by atoms with Crippen molar-refractivity contribution in [1.29, 1.82) is 0 Å². The van der Waals surface area contributed by atoms with Gasteiger partial charge in [-0.3, -0.25) is 4.79 Å². The Hall–Kier alpha value is -0.750. The van der Waals surface area contributed by atoms with Gasteiger partial charge in [-0.1, -0.05) is 11.6 Å². The van der Waals surface area contributed by atoms with Crippen LogP contribution in [-0.4, -0.2) is 37.1 Å². The van der Waals surface area contributed by atoms with Gasteiger partial charge in [-0.2, -0.15) is 0 Å². The highest BCUT2D eigenvalue weighted by molar-refractivity contribution is 7.99. The van der Waals surface area contributed by atoms with Crippen LogP contribution in [0.4, 0.5) is 0 Å². The number of fused-ring (bicyclic) bond motifs is 1. The second-order valence-electron chi connectivity index (χ2n) is 5.99. The lowest BCUT2D eigenvalue weighted by atomic mass is 10.0. The molecule has 1 aromatic rings. The first-order valence-electron chi connectivity index (χ1n) is 8.09. The van der Waals surface area contributed by atoms with Crippen molar-refractivity contribution in [2.24, 2.45) is 0 Å². The number of halogens is 1. The van der Waals surface area contributed by atoms with Crippen LogP contribution in [0.5, 0.6) is 0 Å². The number of benzene rings is 1. The first-order chi connectivity index (χ1) is 11.1. The summed E-state index contributed by atoms with van der Waals surface area (Å²) in [6, 6.07) is 5.88. The van der Waals surface area contributed by atoms with Crippen molar-refractivity contribution >= 4 is 29.3 Å². The summed E-state index contributed by atoms with van der Waals surface area (Å²) >= 11 is 7.91. The molecule has 4 nitrogen and oxygen atoms in total.